The molecule has 3 rings (SSSR count). The molecule has 0 aromatic carbocycles. The van der Waals surface area contributed by atoms with Crippen molar-refractivity contribution in [2.75, 3.05) is 52.5 Å². The molecule has 0 aromatic heterocycles. The van der Waals surface area contributed by atoms with Crippen LogP contribution < -0.4 is 5.32 Å². The van der Waals surface area contributed by atoms with Gasteiger partial charge in [0, 0.05) is 45.4 Å². The van der Waals surface area contributed by atoms with Gasteiger partial charge in [0.2, 0.25) is 0 Å². The van der Waals surface area contributed by atoms with E-state index in [4.69, 9.17) is 9.47 Å². The third kappa shape index (κ3) is 8.66. The van der Waals surface area contributed by atoms with Crippen molar-refractivity contribution in [2.45, 2.75) is 69.9 Å². The van der Waals surface area contributed by atoms with Gasteiger partial charge in [0.15, 0.2) is 5.96 Å². The molecule has 0 aliphatic carbocycles. The van der Waals surface area contributed by atoms with E-state index in [-0.39, 0.29) is 42.2 Å². The third-order valence-corrected chi connectivity index (χ3v) is 5.85. The molecular weight excluding hydrogens is 512 g/mol. The lowest BCUT2D eigenvalue weighted by molar-refractivity contribution is -0.143. The van der Waals surface area contributed by atoms with Crippen LogP contribution in [-0.2, 0) is 9.47 Å². The minimum absolute atomic E-state index is 0. The minimum Gasteiger partial charge on any atom is -0.376 e. The Morgan fingerprint density at radius 3 is 2.53 bits per heavy atom. The van der Waals surface area contributed by atoms with Gasteiger partial charge in [-0.25, -0.2) is 0 Å². The van der Waals surface area contributed by atoms with Gasteiger partial charge in [0.25, 0.3) is 0 Å². The molecule has 3 aliphatic heterocycles. The van der Waals surface area contributed by atoms with Gasteiger partial charge < -0.3 is 19.7 Å². The highest BCUT2D eigenvalue weighted by molar-refractivity contribution is 14.0. The van der Waals surface area contributed by atoms with Crippen molar-refractivity contribution in [2.24, 2.45) is 4.99 Å². The second kappa shape index (κ2) is 12.6. The highest BCUT2D eigenvalue weighted by atomic mass is 127. The topological polar surface area (TPSA) is 49.3 Å². The highest BCUT2D eigenvalue weighted by Crippen LogP contribution is 2.21. The van der Waals surface area contributed by atoms with E-state index in [0.29, 0.717) is 32.7 Å². The van der Waals surface area contributed by atoms with E-state index in [2.05, 4.69) is 15.2 Å². The van der Waals surface area contributed by atoms with Gasteiger partial charge in [-0.15, -0.1) is 24.0 Å². The standard InChI is InChI=1S/C20H35F3N4O2.HI/c1-2-24-19(25-16-6-9-26(13-16)15-20(21,22)23)27-10-7-17(8-11-27)29-14-18-5-3-4-12-28-18;/h16-18H,2-15H2,1H3,(H,24,25);1H. The number of nitrogens with zero attached hydrogens (tertiary/aromatic N) is 3. The maximum Gasteiger partial charge on any atom is 0.401 e. The SMILES string of the molecule is CCN=C(NC1CCN(CC(F)(F)F)C1)N1CCC(OCC2CCCCO2)CC1.I. The first-order valence-electron chi connectivity index (χ1n) is 11.0. The first-order valence-corrected chi connectivity index (χ1v) is 11.0. The summed E-state index contributed by atoms with van der Waals surface area (Å²) in [5, 5.41) is 3.41. The zero-order valence-electron chi connectivity index (χ0n) is 17.8. The molecule has 1 N–H and O–H groups in total. The van der Waals surface area contributed by atoms with Gasteiger partial charge >= 0.3 is 6.18 Å². The monoisotopic (exact) mass is 548 g/mol. The minimum atomic E-state index is -4.14. The van der Waals surface area contributed by atoms with Crippen molar-refractivity contribution in [3.05, 3.63) is 0 Å². The first kappa shape index (κ1) is 25.9. The van der Waals surface area contributed by atoms with E-state index >= 15 is 0 Å². The molecule has 0 spiro atoms. The van der Waals surface area contributed by atoms with Crippen molar-refractivity contribution in [3.8, 4) is 0 Å². The molecule has 0 amide bonds. The second-order valence-corrected chi connectivity index (χ2v) is 8.29. The molecule has 0 radical (unpaired) electrons. The number of alkyl halides is 3. The van der Waals surface area contributed by atoms with Crippen LogP contribution in [0.5, 0.6) is 0 Å². The Balaban J connectivity index is 0.00000320. The van der Waals surface area contributed by atoms with Crippen LogP contribution in [0.25, 0.3) is 0 Å². The summed E-state index contributed by atoms with van der Waals surface area (Å²) in [6, 6.07) is 0.0140. The second-order valence-electron chi connectivity index (χ2n) is 8.29. The maximum absolute atomic E-state index is 12.6. The van der Waals surface area contributed by atoms with Crippen molar-refractivity contribution in [3.63, 3.8) is 0 Å². The van der Waals surface area contributed by atoms with E-state index in [9.17, 15) is 13.2 Å². The Labute approximate surface area is 194 Å². The lowest BCUT2D eigenvalue weighted by Gasteiger charge is -2.36. The fraction of sp³-hybridized carbons (Fsp3) is 0.950. The Bertz CT molecular complexity index is 525. The number of aliphatic imine (C=N–C) groups is 1. The lowest BCUT2D eigenvalue weighted by Crippen LogP contribution is -2.51. The molecule has 30 heavy (non-hydrogen) atoms. The van der Waals surface area contributed by atoms with E-state index in [1.165, 1.54) is 11.3 Å². The molecule has 2 atom stereocenters. The largest absolute Gasteiger partial charge is 0.401 e. The number of hydrogen-bond donors (Lipinski definition) is 1. The Hall–Kier alpha value is -0.330. The van der Waals surface area contributed by atoms with Crippen molar-refractivity contribution < 1.29 is 22.6 Å². The average molecular weight is 548 g/mol. The Kier molecular flexibility index (Phi) is 10.9. The lowest BCUT2D eigenvalue weighted by atomic mass is 10.1. The van der Waals surface area contributed by atoms with Gasteiger partial charge in [-0.05, 0) is 45.4 Å². The summed E-state index contributed by atoms with van der Waals surface area (Å²) in [6.07, 6.45) is 2.37. The van der Waals surface area contributed by atoms with Crippen molar-refractivity contribution >= 4 is 29.9 Å². The molecule has 0 aromatic rings. The quantitative estimate of drug-likeness (QED) is 0.314. The molecule has 0 saturated carbocycles. The number of ether oxygens (including phenoxy) is 2. The molecule has 0 bridgehead atoms. The maximum atomic E-state index is 12.6. The number of nitrogens with one attached hydrogen (secondary N) is 1. The molecular formula is C20H36F3IN4O2. The van der Waals surface area contributed by atoms with E-state index in [0.717, 1.165) is 51.3 Å². The summed E-state index contributed by atoms with van der Waals surface area (Å²) in [4.78, 5) is 8.27. The summed E-state index contributed by atoms with van der Waals surface area (Å²) in [5.41, 5.74) is 0. The number of hydrogen-bond acceptors (Lipinski definition) is 4. The number of halogens is 4. The molecule has 176 valence electrons. The molecule has 6 nitrogen and oxygen atoms in total. The van der Waals surface area contributed by atoms with Crippen LogP contribution in [0, 0.1) is 0 Å². The van der Waals surface area contributed by atoms with Crippen LogP contribution in [0.4, 0.5) is 13.2 Å². The Morgan fingerprint density at radius 1 is 1.13 bits per heavy atom. The molecule has 3 aliphatic rings. The first-order chi connectivity index (χ1) is 13.9. The van der Waals surface area contributed by atoms with Crippen molar-refractivity contribution in [1.29, 1.82) is 0 Å². The van der Waals surface area contributed by atoms with E-state index in [1.54, 1.807) is 0 Å². The van der Waals surface area contributed by atoms with E-state index in [1.807, 2.05) is 6.92 Å². The number of likely N-dealkylation sites (tertiary alicyclic amines) is 2. The molecule has 10 heteroatoms. The fourth-order valence-corrected chi connectivity index (χ4v) is 4.33. The van der Waals surface area contributed by atoms with Gasteiger partial charge in [0.05, 0.1) is 25.4 Å². The zero-order valence-corrected chi connectivity index (χ0v) is 20.2. The number of guanidine groups is 1. The van der Waals surface area contributed by atoms with Crippen LogP contribution in [0.15, 0.2) is 4.99 Å². The summed E-state index contributed by atoms with van der Waals surface area (Å²) in [6.45, 7) is 5.88. The van der Waals surface area contributed by atoms with Crippen LogP contribution in [0.3, 0.4) is 0 Å². The Morgan fingerprint density at radius 2 is 1.90 bits per heavy atom. The van der Waals surface area contributed by atoms with Crippen LogP contribution in [0.1, 0.15) is 45.4 Å². The van der Waals surface area contributed by atoms with Crippen molar-refractivity contribution in [1.82, 2.24) is 15.1 Å². The molecule has 3 saturated heterocycles. The number of piperidine rings is 1. The molecule has 2 unspecified atom stereocenters. The third-order valence-electron chi connectivity index (χ3n) is 5.85. The summed E-state index contributed by atoms with van der Waals surface area (Å²) < 4.78 is 49.7. The predicted molar refractivity (Wildman–Crippen MR) is 122 cm³/mol. The van der Waals surface area contributed by atoms with Gasteiger partial charge in [0.1, 0.15) is 0 Å². The zero-order chi connectivity index (χ0) is 20.7. The van der Waals surface area contributed by atoms with Crippen LogP contribution >= 0.6 is 24.0 Å². The average Bonchev–Trinajstić information content (AvgIpc) is 3.12. The molecule has 3 fully saturated rings. The van der Waals surface area contributed by atoms with Crippen LogP contribution in [0.2, 0.25) is 0 Å². The van der Waals surface area contributed by atoms with Crippen LogP contribution in [-0.4, -0.2) is 92.7 Å². The van der Waals surface area contributed by atoms with Gasteiger partial charge in [-0.1, -0.05) is 0 Å². The highest BCUT2D eigenvalue weighted by Gasteiger charge is 2.35. The smallest absolute Gasteiger partial charge is 0.376 e. The summed E-state index contributed by atoms with van der Waals surface area (Å²) in [5.74, 6) is 0.820. The van der Waals surface area contributed by atoms with Gasteiger partial charge in [-0.2, -0.15) is 13.2 Å². The van der Waals surface area contributed by atoms with Gasteiger partial charge in [-0.3, -0.25) is 9.89 Å². The predicted octanol–water partition coefficient (Wildman–Crippen LogP) is 3.26. The molecule has 3 heterocycles. The summed E-state index contributed by atoms with van der Waals surface area (Å²) >= 11 is 0. The number of rotatable bonds is 6. The summed E-state index contributed by atoms with van der Waals surface area (Å²) in [7, 11) is 0. The normalized spacial score (nSPS) is 27.2. The fourth-order valence-electron chi connectivity index (χ4n) is 4.33. The van der Waals surface area contributed by atoms with E-state index < -0.39 is 12.7 Å².